The zero-order valence-electron chi connectivity index (χ0n) is 11.0. The van der Waals surface area contributed by atoms with E-state index in [-0.39, 0.29) is 39.1 Å². The van der Waals surface area contributed by atoms with Gasteiger partial charge >= 0.3 is 32.7 Å². The van der Waals surface area contributed by atoms with Crippen molar-refractivity contribution in [1.29, 1.82) is 0 Å². The van der Waals surface area contributed by atoms with E-state index in [1.807, 2.05) is 0 Å². The molecular formula is C11H26F3Y. The van der Waals surface area contributed by atoms with Gasteiger partial charge in [-0.05, 0) is 6.92 Å². The molecule has 0 fully saturated rings. The fourth-order valence-corrected chi connectivity index (χ4v) is 0. The van der Waals surface area contributed by atoms with Crippen LogP contribution in [-0.4, -0.2) is 13.1 Å². The first-order chi connectivity index (χ1) is 6.56. The van der Waals surface area contributed by atoms with Crippen LogP contribution in [0.3, 0.4) is 0 Å². The smallest absolute Gasteiger partial charge is 0.346 e. The van der Waals surface area contributed by atoms with Gasteiger partial charge in [0, 0.05) is 6.42 Å². The van der Waals surface area contributed by atoms with Crippen molar-refractivity contribution in [3.8, 4) is 0 Å². The van der Waals surface area contributed by atoms with E-state index in [1.165, 1.54) is 6.92 Å². The van der Waals surface area contributed by atoms with Crippen LogP contribution in [0.5, 0.6) is 0 Å². The fourth-order valence-electron chi connectivity index (χ4n) is 0. The summed E-state index contributed by atoms with van der Waals surface area (Å²) in [7, 11) is 0.500. The van der Waals surface area contributed by atoms with Crippen LogP contribution >= 0.6 is 0 Å². The molecule has 4 heteroatoms. The first kappa shape index (κ1) is 36.0. The summed E-state index contributed by atoms with van der Waals surface area (Å²) in [5.74, 6) is -2.46. The van der Waals surface area contributed by atoms with E-state index in [4.69, 9.17) is 0 Å². The van der Waals surface area contributed by atoms with Crippen molar-refractivity contribution in [1.82, 2.24) is 0 Å². The van der Waals surface area contributed by atoms with Crippen molar-refractivity contribution in [3.05, 3.63) is 20.8 Å². The Morgan fingerprint density at radius 3 is 0.933 bits per heavy atom. The van der Waals surface area contributed by atoms with Gasteiger partial charge < -0.3 is 20.8 Å². The summed E-state index contributed by atoms with van der Waals surface area (Å²) in [5.41, 5.74) is 0. The first-order valence-electron chi connectivity index (χ1n) is 4.44. The number of hydrogen-bond donors (Lipinski definition) is 0. The molecule has 0 saturated carbocycles. The van der Waals surface area contributed by atoms with Gasteiger partial charge in [-0.2, -0.15) is 20.8 Å². The molecule has 0 radical (unpaired) electrons. The SMILES string of the molecule is CCC(C)(F)F.CF.[CH2-]C.[CH2-]C.[CH2-]C.[Y+3]. The van der Waals surface area contributed by atoms with Gasteiger partial charge in [0.05, 0.1) is 7.18 Å². The Kier molecular flexibility index (Phi) is 111. The number of hydrogen-bond acceptors (Lipinski definition) is 0. The summed E-state index contributed by atoms with van der Waals surface area (Å²) >= 11 is 0. The van der Waals surface area contributed by atoms with Crippen molar-refractivity contribution < 1.29 is 45.9 Å². The van der Waals surface area contributed by atoms with Gasteiger partial charge in [-0.3, -0.25) is 4.39 Å². The molecule has 0 rings (SSSR count). The van der Waals surface area contributed by atoms with Gasteiger partial charge in [0.25, 0.3) is 0 Å². The molecule has 0 spiro atoms. The van der Waals surface area contributed by atoms with Gasteiger partial charge in [0.2, 0.25) is 5.92 Å². The molecule has 0 unspecified atom stereocenters. The Balaban J connectivity index is -0.0000000194. The zero-order chi connectivity index (χ0) is 13.2. The van der Waals surface area contributed by atoms with Crippen LogP contribution in [0.1, 0.15) is 41.0 Å². The Morgan fingerprint density at radius 2 is 0.933 bits per heavy atom. The molecule has 0 aromatic heterocycles. The second-order valence-electron chi connectivity index (χ2n) is 1.42. The molecule has 0 aromatic rings. The molecule has 0 atom stereocenters. The van der Waals surface area contributed by atoms with E-state index in [9.17, 15) is 13.2 Å². The van der Waals surface area contributed by atoms with Crippen LogP contribution in [-0.2, 0) is 32.7 Å². The standard InChI is InChI=1S/C4H8F2.3C2H5.CH3F.Y/c1-3-4(2,5)6;4*1-2;/h3H2,1-2H3;3*1H2,2H3;1H3;/q;3*-1;;+3. The van der Waals surface area contributed by atoms with Crippen LogP contribution in [0, 0.1) is 20.8 Å². The summed E-state index contributed by atoms with van der Waals surface area (Å²) in [6.07, 6.45) is -0.0625. The molecular weight excluding hydrogens is 278 g/mol. The van der Waals surface area contributed by atoms with E-state index in [0.29, 0.717) is 7.18 Å². The van der Waals surface area contributed by atoms with E-state index >= 15 is 0 Å². The molecule has 0 nitrogen and oxygen atoms in total. The van der Waals surface area contributed by atoms with Gasteiger partial charge in [-0.25, -0.2) is 8.78 Å². The maximum absolute atomic E-state index is 11.5. The van der Waals surface area contributed by atoms with E-state index < -0.39 is 5.92 Å². The Labute approximate surface area is 120 Å². The maximum atomic E-state index is 11.5. The van der Waals surface area contributed by atoms with E-state index in [2.05, 4.69) is 20.8 Å². The summed E-state index contributed by atoms with van der Waals surface area (Å²) < 4.78 is 32.4. The monoisotopic (exact) mass is 304 g/mol. The second-order valence-corrected chi connectivity index (χ2v) is 1.42. The van der Waals surface area contributed by atoms with Crippen molar-refractivity contribution >= 4 is 0 Å². The molecule has 15 heavy (non-hydrogen) atoms. The number of alkyl halides is 3. The molecule has 0 bridgehead atoms. The van der Waals surface area contributed by atoms with E-state index in [1.54, 1.807) is 20.8 Å². The minimum absolute atomic E-state index is 0. The molecule has 0 amide bonds. The van der Waals surface area contributed by atoms with Crippen LogP contribution in [0.15, 0.2) is 0 Å². The summed E-state index contributed by atoms with van der Waals surface area (Å²) in [4.78, 5) is 0. The third-order valence-corrected chi connectivity index (χ3v) is 0.621. The third-order valence-electron chi connectivity index (χ3n) is 0.621. The minimum atomic E-state index is -2.46. The predicted octanol–water partition coefficient (Wildman–Crippen LogP) is 5.16. The molecule has 94 valence electrons. The molecule has 0 aliphatic heterocycles. The fraction of sp³-hybridized carbons (Fsp3) is 0.727. The molecule has 0 aliphatic rings. The normalized spacial score (nSPS) is 6.40. The number of halogens is 3. The molecule has 0 heterocycles. The third kappa shape index (κ3) is 163. The second kappa shape index (κ2) is 46.1. The average molecular weight is 304 g/mol. The Bertz CT molecular complexity index is 45.6. The summed E-state index contributed by atoms with van der Waals surface area (Å²) in [5, 5.41) is 0. The largest absolute Gasteiger partial charge is 3.00 e. The van der Waals surface area contributed by atoms with Crippen LogP contribution in [0.4, 0.5) is 13.2 Å². The predicted molar refractivity (Wildman–Crippen MR) is 61.0 cm³/mol. The van der Waals surface area contributed by atoms with Gasteiger partial charge in [-0.15, -0.1) is 0 Å². The molecule has 0 N–H and O–H groups in total. The summed E-state index contributed by atoms with van der Waals surface area (Å²) in [6.45, 7) is 17.4. The van der Waals surface area contributed by atoms with Crippen molar-refractivity contribution in [3.63, 3.8) is 0 Å². The van der Waals surface area contributed by atoms with Crippen molar-refractivity contribution in [2.24, 2.45) is 0 Å². The topological polar surface area (TPSA) is 0 Å². The quantitative estimate of drug-likeness (QED) is 0.587. The molecule has 0 aromatic carbocycles. The zero-order valence-corrected chi connectivity index (χ0v) is 13.9. The Morgan fingerprint density at radius 1 is 0.867 bits per heavy atom. The van der Waals surface area contributed by atoms with E-state index in [0.717, 1.165) is 6.92 Å². The number of rotatable bonds is 1. The van der Waals surface area contributed by atoms with Crippen molar-refractivity contribution in [2.45, 2.75) is 47.0 Å². The minimum Gasteiger partial charge on any atom is -0.346 e. The van der Waals surface area contributed by atoms with Crippen LogP contribution < -0.4 is 0 Å². The first-order valence-corrected chi connectivity index (χ1v) is 4.44. The Hall–Kier alpha value is 0.894. The van der Waals surface area contributed by atoms with Crippen LogP contribution in [0.2, 0.25) is 0 Å². The van der Waals surface area contributed by atoms with Gasteiger partial charge in [-0.1, -0.05) is 6.92 Å². The summed E-state index contributed by atoms with van der Waals surface area (Å²) in [6, 6.07) is 0. The van der Waals surface area contributed by atoms with Gasteiger partial charge in [0.1, 0.15) is 0 Å². The van der Waals surface area contributed by atoms with Crippen LogP contribution in [0.25, 0.3) is 0 Å². The average Bonchev–Trinajstić information content (AvgIpc) is 2.28. The molecule has 0 saturated heterocycles. The molecule has 0 aliphatic carbocycles. The van der Waals surface area contributed by atoms with Gasteiger partial charge in [0.15, 0.2) is 0 Å². The maximum Gasteiger partial charge on any atom is 3.00 e. The van der Waals surface area contributed by atoms with Crippen molar-refractivity contribution in [2.75, 3.05) is 7.18 Å².